The number of anilines is 1. The summed E-state index contributed by atoms with van der Waals surface area (Å²) < 4.78 is 43.2. The summed E-state index contributed by atoms with van der Waals surface area (Å²) in [4.78, 5) is 8.54. The maximum absolute atomic E-state index is 12.6. The lowest BCUT2D eigenvalue weighted by atomic mass is 9.97. The largest absolute Gasteiger partial charge is 0.417 e. The Kier molecular flexibility index (Phi) is 5.06. The van der Waals surface area contributed by atoms with Crippen LogP contribution in [0.25, 0.3) is 0 Å². The first-order valence-electron chi connectivity index (χ1n) is 8.10. The summed E-state index contributed by atoms with van der Waals surface area (Å²) in [5, 5.41) is 0. The molecule has 23 heavy (non-hydrogen) atoms. The fraction of sp³-hybridized carbons (Fsp3) is 0.688. The van der Waals surface area contributed by atoms with Gasteiger partial charge in [0.1, 0.15) is 5.82 Å². The molecular formula is C16H22F3N3O. The summed E-state index contributed by atoms with van der Waals surface area (Å²) in [5.74, 6) is 1.18. The van der Waals surface area contributed by atoms with Crippen molar-refractivity contribution in [3.05, 3.63) is 23.9 Å². The van der Waals surface area contributed by atoms with Crippen LogP contribution in [0.5, 0.6) is 0 Å². The number of halogens is 3. The van der Waals surface area contributed by atoms with Gasteiger partial charge in [-0.25, -0.2) is 4.98 Å². The second-order valence-electron chi connectivity index (χ2n) is 6.27. The van der Waals surface area contributed by atoms with Crippen LogP contribution in [0.3, 0.4) is 0 Å². The Balaban J connectivity index is 1.59. The second-order valence-corrected chi connectivity index (χ2v) is 6.27. The smallest absolute Gasteiger partial charge is 0.379 e. The predicted octanol–water partition coefficient (Wildman–Crippen LogP) is 2.65. The molecule has 1 aromatic rings. The number of rotatable bonds is 3. The number of aromatic nitrogens is 1. The maximum atomic E-state index is 12.6. The minimum Gasteiger partial charge on any atom is -0.379 e. The lowest BCUT2D eigenvalue weighted by molar-refractivity contribution is -0.137. The Morgan fingerprint density at radius 2 is 1.96 bits per heavy atom. The standard InChI is InChI=1S/C16H22F3N3O/c17-16(18,19)14-3-4-15(20-10-14)22-5-1-2-13(12-22)11-21-6-8-23-9-7-21/h3-4,10,13H,1-2,5-9,11-12H2. The zero-order valence-electron chi connectivity index (χ0n) is 13.1. The summed E-state index contributed by atoms with van der Waals surface area (Å²) in [7, 11) is 0. The summed E-state index contributed by atoms with van der Waals surface area (Å²) in [6.45, 7) is 6.26. The van der Waals surface area contributed by atoms with Crippen molar-refractivity contribution in [2.75, 3.05) is 50.8 Å². The molecular weight excluding hydrogens is 307 g/mol. The van der Waals surface area contributed by atoms with Crippen molar-refractivity contribution in [1.29, 1.82) is 0 Å². The van der Waals surface area contributed by atoms with E-state index < -0.39 is 11.7 Å². The normalized spacial score (nSPS) is 24.0. The van der Waals surface area contributed by atoms with Gasteiger partial charge in [0.15, 0.2) is 0 Å². The predicted molar refractivity (Wildman–Crippen MR) is 81.4 cm³/mol. The number of hydrogen-bond acceptors (Lipinski definition) is 4. The first kappa shape index (κ1) is 16.5. The fourth-order valence-electron chi connectivity index (χ4n) is 3.31. The topological polar surface area (TPSA) is 28.6 Å². The number of hydrogen-bond donors (Lipinski definition) is 0. The summed E-state index contributed by atoms with van der Waals surface area (Å²) in [6, 6.07) is 2.61. The molecule has 1 atom stereocenters. The van der Waals surface area contributed by atoms with E-state index in [0.29, 0.717) is 11.7 Å². The van der Waals surface area contributed by atoms with Crippen molar-refractivity contribution >= 4 is 5.82 Å². The summed E-state index contributed by atoms with van der Waals surface area (Å²) in [5.41, 5.74) is -0.692. The highest BCUT2D eigenvalue weighted by atomic mass is 19.4. The number of ether oxygens (including phenoxy) is 1. The first-order valence-corrected chi connectivity index (χ1v) is 8.10. The highest BCUT2D eigenvalue weighted by molar-refractivity contribution is 5.40. The molecule has 2 fully saturated rings. The summed E-state index contributed by atoms with van der Waals surface area (Å²) in [6.07, 6.45) is -1.18. The van der Waals surface area contributed by atoms with Gasteiger partial charge in [-0.05, 0) is 30.9 Å². The molecule has 2 aliphatic rings. The van der Waals surface area contributed by atoms with Crippen LogP contribution in [0.2, 0.25) is 0 Å². The third-order valence-electron chi connectivity index (χ3n) is 4.54. The number of morpholine rings is 1. The average molecular weight is 329 g/mol. The van der Waals surface area contributed by atoms with Crippen molar-refractivity contribution in [3.63, 3.8) is 0 Å². The maximum Gasteiger partial charge on any atom is 0.417 e. The van der Waals surface area contributed by atoms with Crippen molar-refractivity contribution in [3.8, 4) is 0 Å². The van der Waals surface area contributed by atoms with Gasteiger partial charge in [-0.2, -0.15) is 13.2 Å². The van der Waals surface area contributed by atoms with Gasteiger partial charge < -0.3 is 9.64 Å². The molecule has 1 aromatic heterocycles. The van der Waals surface area contributed by atoms with Crippen molar-refractivity contribution in [1.82, 2.24) is 9.88 Å². The molecule has 1 unspecified atom stereocenters. The first-order chi connectivity index (χ1) is 11.0. The lowest BCUT2D eigenvalue weighted by Crippen LogP contribution is -2.44. The Morgan fingerprint density at radius 1 is 1.17 bits per heavy atom. The Bertz CT molecular complexity index is 500. The molecule has 0 amide bonds. The van der Waals surface area contributed by atoms with E-state index in [2.05, 4.69) is 14.8 Å². The van der Waals surface area contributed by atoms with E-state index in [0.717, 1.165) is 71.0 Å². The van der Waals surface area contributed by atoms with Crippen molar-refractivity contribution in [2.45, 2.75) is 19.0 Å². The third-order valence-corrected chi connectivity index (χ3v) is 4.54. The molecule has 0 radical (unpaired) electrons. The number of piperidine rings is 1. The molecule has 0 aromatic carbocycles. The van der Waals surface area contributed by atoms with Gasteiger partial charge >= 0.3 is 6.18 Å². The number of nitrogens with zero attached hydrogens (tertiary/aromatic N) is 3. The molecule has 3 rings (SSSR count). The van der Waals surface area contributed by atoms with Crippen LogP contribution in [0.1, 0.15) is 18.4 Å². The molecule has 0 spiro atoms. The minimum absolute atomic E-state index is 0.533. The van der Waals surface area contributed by atoms with E-state index in [1.54, 1.807) is 0 Å². The van der Waals surface area contributed by atoms with Gasteiger partial charge in [-0.3, -0.25) is 4.90 Å². The molecule has 7 heteroatoms. The van der Waals surface area contributed by atoms with E-state index in [9.17, 15) is 13.2 Å². The van der Waals surface area contributed by atoms with Crippen LogP contribution in [0.15, 0.2) is 18.3 Å². The Hall–Kier alpha value is -1.34. The molecule has 0 aliphatic carbocycles. The zero-order valence-corrected chi connectivity index (χ0v) is 13.1. The van der Waals surface area contributed by atoms with Gasteiger partial charge in [-0.1, -0.05) is 0 Å². The second kappa shape index (κ2) is 7.05. The lowest BCUT2D eigenvalue weighted by Gasteiger charge is -2.37. The fourth-order valence-corrected chi connectivity index (χ4v) is 3.31. The molecule has 0 bridgehead atoms. The molecule has 2 saturated heterocycles. The SMILES string of the molecule is FC(F)(F)c1ccc(N2CCCC(CN3CCOCC3)C2)nc1. The minimum atomic E-state index is -4.33. The molecule has 3 heterocycles. The average Bonchev–Trinajstić information content (AvgIpc) is 2.55. The van der Waals surface area contributed by atoms with Gasteiger partial charge in [-0.15, -0.1) is 0 Å². The van der Waals surface area contributed by atoms with E-state index in [4.69, 9.17) is 4.74 Å². The molecule has 0 N–H and O–H groups in total. The van der Waals surface area contributed by atoms with E-state index in [1.807, 2.05) is 0 Å². The highest BCUT2D eigenvalue weighted by Gasteiger charge is 2.31. The van der Waals surface area contributed by atoms with Crippen LogP contribution < -0.4 is 4.90 Å². The van der Waals surface area contributed by atoms with Crippen LogP contribution >= 0.6 is 0 Å². The van der Waals surface area contributed by atoms with Gasteiger partial charge in [0.05, 0.1) is 18.8 Å². The van der Waals surface area contributed by atoms with Crippen LogP contribution in [-0.2, 0) is 10.9 Å². The van der Waals surface area contributed by atoms with E-state index >= 15 is 0 Å². The van der Waals surface area contributed by atoms with Crippen molar-refractivity contribution in [2.24, 2.45) is 5.92 Å². The van der Waals surface area contributed by atoms with Gasteiger partial charge in [0.25, 0.3) is 0 Å². The Labute approximate surface area is 134 Å². The van der Waals surface area contributed by atoms with Gasteiger partial charge in [0, 0.05) is 38.9 Å². The molecule has 128 valence electrons. The third kappa shape index (κ3) is 4.35. The van der Waals surface area contributed by atoms with Crippen LogP contribution in [0.4, 0.5) is 19.0 Å². The van der Waals surface area contributed by atoms with Crippen molar-refractivity contribution < 1.29 is 17.9 Å². The van der Waals surface area contributed by atoms with E-state index in [1.165, 1.54) is 6.07 Å². The molecule has 2 aliphatic heterocycles. The summed E-state index contributed by atoms with van der Waals surface area (Å²) >= 11 is 0. The molecule has 0 saturated carbocycles. The number of alkyl halides is 3. The van der Waals surface area contributed by atoms with Gasteiger partial charge in [0.2, 0.25) is 0 Å². The van der Waals surface area contributed by atoms with Crippen LogP contribution in [-0.4, -0.2) is 55.8 Å². The number of pyridine rings is 1. The highest BCUT2D eigenvalue weighted by Crippen LogP contribution is 2.30. The monoisotopic (exact) mass is 329 g/mol. The van der Waals surface area contributed by atoms with Crippen LogP contribution in [0, 0.1) is 5.92 Å². The quantitative estimate of drug-likeness (QED) is 0.852. The Morgan fingerprint density at radius 3 is 2.61 bits per heavy atom. The van der Waals surface area contributed by atoms with E-state index in [-0.39, 0.29) is 0 Å². The zero-order chi connectivity index (χ0) is 16.3. The molecule has 4 nitrogen and oxygen atoms in total.